The summed E-state index contributed by atoms with van der Waals surface area (Å²) in [5.74, 6) is -1.38. The average Bonchev–Trinajstić information content (AvgIpc) is 3.09. The Hall–Kier alpha value is -2.62. The first kappa shape index (κ1) is 28.4. The molecule has 2 aromatic carbocycles. The molecule has 4 rings (SSSR count). The molecule has 0 unspecified atom stereocenters. The van der Waals surface area contributed by atoms with Crippen molar-refractivity contribution >= 4 is 50.9 Å². The van der Waals surface area contributed by atoms with E-state index >= 15 is 0 Å². The highest BCUT2D eigenvalue weighted by atomic mass is 35.5. The van der Waals surface area contributed by atoms with Crippen LogP contribution in [0.15, 0.2) is 47.4 Å². The predicted octanol–water partition coefficient (Wildman–Crippen LogP) is 4.78. The van der Waals surface area contributed by atoms with Crippen LogP contribution in [0.3, 0.4) is 0 Å². The second-order valence-corrected chi connectivity index (χ2v) is 12.3. The van der Waals surface area contributed by atoms with E-state index in [0.29, 0.717) is 22.0 Å². The molecule has 0 spiro atoms. The van der Waals surface area contributed by atoms with Gasteiger partial charge in [-0.05, 0) is 49.1 Å². The van der Waals surface area contributed by atoms with E-state index in [-0.39, 0.29) is 41.9 Å². The van der Waals surface area contributed by atoms with Crippen molar-refractivity contribution in [3.8, 4) is 0 Å². The second-order valence-electron chi connectivity index (χ2n) is 9.65. The maximum absolute atomic E-state index is 13.6. The van der Waals surface area contributed by atoms with Gasteiger partial charge in [0.25, 0.3) is 15.9 Å². The highest BCUT2D eigenvalue weighted by Gasteiger charge is 2.41. The van der Waals surface area contributed by atoms with Crippen molar-refractivity contribution < 1.29 is 22.8 Å². The lowest BCUT2D eigenvalue weighted by Gasteiger charge is -2.33. The van der Waals surface area contributed by atoms with Gasteiger partial charge in [0.2, 0.25) is 11.8 Å². The number of carbonyl (C=O) groups excluding carboxylic acids is 3. The zero-order chi connectivity index (χ0) is 27.4. The molecule has 11 heteroatoms. The van der Waals surface area contributed by atoms with Crippen LogP contribution in [0, 0.1) is 0 Å². The summed E-state index contributed by atoms with van der Waals surface area (Å²) >= 11 is 12.4. The monoisotopic (exact) mass is 579 g/mol. The van der Waals surface area contributed by atoms with Crippen LogP contribution in [0.1, 0.15) is 67.8 Å². The number of rotatable bonds is 9. The minimum atomic E-state index is -4.05. The molecule has 3 amide bonds. The molecule has 0 saturated heterocycles. The Labute approximate surface area is 233 Å². The molecule has 1 saturated carbocycles. The SMILES string of the molecule is CC[C@@H](C(=O)NC1CCCCC1)N(Cc1ccc(Cl)cc1Cl)C(=O)CCN1C(=O)c2ccccc2S1(=O)=O. The van der Waals surface area contributed by atoms with Gasteiger partial charge >= 0.3 is 0 Å². The Bertz CT molecular complexity index is 1330. The molecule has 204 valence electrons. The molecule has 2 aliphatic rings. The fourth-order valence-corrected chi connectivity index (χ4v) is 7.13. The Kier molecular flexibility index (Phi) is 9.00. The van der Waals surface area contributed by atoms with Crippen LogP contribution in [0.4, 0.5) is 0 Å². The summed E-state index contributed by atoms with van der Waals surface area (Å²) in [6.07, 6.45) is 5.10. The Morgan fingerprint density at radius 3 is 2.47 bits per heavy atom. The first-order valence-corrected chi connectivity index (χ1v) is 15.0. The van der Waals surface area contributed by atoms with Gasteiger partial charge in [-0.15, -0.1) is 0 Å². The van der Waals surface area contributed by atoms with Gasteiger partial charge in [-0.25, -0.2) is 12.7 Å². The average molecular weight is 581 g/mol. The normalized spacial score (nSPS) is 17.7. The van der Waals surface area contributed by atoms with Crippen molar-refractivity contribution in [1.29, 1.82) is 0 Å². The van der Waals surface area contributed by atoms with Gasteiger partial charge in [0.05, 0.1) is 5.56 Å². The van der Waals surface area contributed by atoms with Crippen molar-refractivity contribution in [2.24, 2.45) is 0 Å². The van der Waals surface area contributed by atoms with Gasteiger partial charge in [0, 0.05) is 35.6 Å². The van der Waals surface area contributed by atoms with E-state index in [4.69, 9.17) is 23.2 Å². The maximum Gasteiger partial charge on any atom is 0.269 e. The Balaban J connectivity index is 1.55. The molecule has 1 fully saturated rings. The van der Waals surface area contributed by atoms with Gasteiger partial charge in [0.1, 0.15) is 10.9 Å². The molecule has 0 aromatic heterocycles. The van der Waals surface area contributed by atoms with Gasteiger partial charge in [-0.1, -0.05) is 67.6 Å². The van der Waals surface area contributed by atoms with Crippen molar-refractivity contribution in [3.63, 3.8) is 0 Å². The van der Waals surface area contributed by atoms with Crippen LogP contribution in [0.2, 0.25) is 10.0 Å². The van der Waals surface area contributed by atoms with Crippen LogP contribution in [0.25, 0.3) is 0 Å². The number of nitrogens with zero attached hydrogens (tertiary/aromatic N) is 2. The minimum absolute atomic E-state index is 0.0341. The number of carbonyl (C=O) groups is 3. The van der Waals surface area contributed by atoms with Crippen LogP contribution < -0.4 is 5.32 Å². The molecular weight excluding hydrogens is 549 g/mol. The number of sulfonamides is 1. The van der Waals surface area contributed by atoms with Crippen LogP contribution in [0.5, 0.6) is 0 Å². The Morgan fingerprint density at radius 1 is 1.11 bits per heavy atom. The van der Waals surface area contributed by atoms with Crippen molar-refractivity contribution in [2.75, 3.05) is 6.54 Å². The van der Waals surface area contributed by atoms with Crippen molar-refractivity contribution in [1.82, 2.24) is 14.5 Å². The van der Waals surface area contributed by atoms with E-state index in [9.17, 15) is 22.8 Å². The number of halogens is 2. The van der Waals surface area contributed by atoms with Gasteiger partial charge in [-0.3, -0.25) is 14.4 Å². The molecule has 8 nitrogen and oxygen atoms in total. The van der Waals surface area contributed by atoms with E-state index in [1.165, 1.54) is 17.0 Å². The molecular formula is C27H31Cl2N3O5S. The number of hydrogen-bond donors (Lipinski definition) is 1. The van der Waals surface area contributed by atoms with E-state index in [1.807, 2.05) is 6.92 Å². The lowest BCUT2D eigenvalue weighted by atomic mass is 9.95. The first-order valence-electron chi connectivity index (χ1n) is 12.8. The molecule has 1 atom stereocenters. The summed E-state index contributed by atoms with van der Waals surface area (Å²) < 4.78 is 26.6. The largest absolute Gasteiger partial charge is 0.352 e. The highest BCUT2D eigenvalue weighted by molar-refractivity contribution is 7.90. The third-order valence-corrected chi connectivity index (χ3v) is 9.56. The third kappa shape index (κ3) is 6.00. The zero-order valence-electron chi connectivity index (χ0n) is 21.2. The maximum atomic E-state index is 13.6. The summed E-state index contributed by atoms with van der Waals surface area (Å²) in [5, 5.41) is 3.89. The number of amides is 3. The van der Waals surface area contributed by atoms with Gasteiger partial charge in [-0.2, -0.15) is 0 Å². The number of fused-ring (bicyclic) bond motifs is 1. The van der Waals surface area contributed by atoms with E-state index in [2.05, 4.69) is 5.32 Å². The number of nitrogens with one attached hydrogen (secondary N) is 1. The quantitative estimate of drug-likeness (QED) is 0.460. The summed E-state index contributed by atoms with van der Waals surface area (Å²) in [7, 11) is -4.05. The molecule has 0 bridgehead atoms. The van der Waals surface area contributed by atoms with E-state index < -0.39 is 27.9 Å². The molecule has 38 heavy (non-hydrogen) atoms. The molecule has 1 N–H and O–H groups in total. The van der Waals surface area contributed by atoms with Crippen LogP contribution in [-0.2, 0) is 26.2 Å². The fourth-order valence-electron chi connectivity index (χ4n) is 5.09. The molecule has 1 aliphatic heterocycles. The highest BCUT2D eigenvalue weighted by Crippen LogP contribution is 2.30. The summed E-state index contributed by atoms with van der Waals surface area (Å²) in [6, 6.07) is 10.2. The third-order valence-electron chi connectivity index (χ3n) is 7.13. The zero-order valence-corrected chi connectivity index (χ0v) is 23.5. The molecule has 2 aromatic rings. The summed E-state index contributed by atoms with van der Waals surface area (Å²) in [5.41, 5.74) is 0.689. The van der Waals surface area contributed by atoms with Crippen molar-refractivity contribution in [3.05, 3.63) is 63.6 Å². The standard InChI is InChI=1S/C27H31Cl2N3O5S/c1-2-23(26(34)30-20-8-4-3-5-9-20)31(17-18-12-13-19(28)16-22(18)29)25(33)14-15-32-27(35)21-10-6-7-11-24(21)38(32,36)37/h6-7,10-13,16,20,23H,2-5,8-9,14-15,17H2,1H3,(H,30,34)/t23-/m0/s1. The molecule has 1 aliphatic carbocycles. The number of hydrogen-bond acceptors (Lipinski definition) is 5. The lowest BCUT2D eigenvalue weighted by molar-refractivity contribution is -0.141. The topological polar surface area (TPSA) is 104 Å². The molecule has 1 heterocycles. The van der Waals surface area contributed by atoms with Gasteiger partial charge < -0.3 is 10.2 Å². The van der Waals surface area contributed by atoms with Crippen LogP contribution in [-0.4, -0.2) is 54.0 Å². The minimum Gasteiger partial charge on any atom is -0.352 e. The predicted molar refractivity (Wildman–Crippen MR) is 145 cm³/mol. The van der Waals surface area contributed by atoms with E-state index in [0.717, 1.165) is 36.4 Å². The second kappa shape index (κ2) is 12.1. The van der Waals surface area contributed by atoms with Crippen LogP contribution >= 0.6 is 23.2 Å². The summed E-state index contributed by atoms with van der Waals surface area (Å²) in [6.45, 7) is 1.52. The molecule has 0 radical (unpaired) electrons. The first-order chi connectivity index (χ1) is 18.1. The number of benzene rings is 2. The smallest absolute Gasteiger partial charge is 0.269 e. The van der Waals surface area contributed by atoms with Gasteiger partial charge in [0.15, 0.2) is 0 Å². The Morgan fingerprint density at radius 2 is 1.82 bits per heavy atom. The van der Waals surface area contributed by atoms with Crippen molar-refractivity contribution in [2.45, 2.75) is 75.4 Å². The summed E-state index contributed by atoms with van der Waals surface area (Å²) in [4.78, 5) is 41.1. The fraction of sp³-hybridized carbons (Fsp3) is 0.444. The lowest BCUT2D eigenvalue weighted by Crippen LogP contribution is -2.52. The van der Waals surface area contributed by atoms with E-state index in [1.54, 1.807) is 30.3 Å².